The minimum atomic E-state index is 0.303. The first-order chi connectivity index (χ1) is 8.81. The fraction of sp³-hybridized carbons (Fsp3) is 0.556. The molecular formula is C18H26. The van der Waals surface area contributed by atoms with Crippen molar-refractivity contribution in [2.45, 2.75) is 64.7 Å². The molecule has 0 fully saturated rings. The van der Waals surface area contributed by atoms with E-state index < -0.39 is 0 Å². The minimum Gasteiger partial charge on any atom is -0.119 e. The van der Waals surface area contributed by atoms with E-state index in [0.717, 1.165) is 6.42 Å². The number of rotatable bonds is 8. The van der Waals surface area contributed by atoms with E-state index in [9.17, 15) is 0 Å². The summed E-state index contributed by atoms with van der Waals surface area (Å²) in [4.78, 5) is 0. The van der Waals surface area contributed by atoms with Crippen molar-refractivity contribution in [3.8, 4) is 12.3 Å². The van der Waals surface area contributed by atoms with Gasteiger partial charge >= 0.3 is 0 Å². The summed E-state index contributed by atoms with van der Waals surface area (Å²) in [7, 11) is 0. The van der Waals surface area contributed by atoms with Crippen molar-refractivity contribution in [2.24, 2.45) is 0 Å². The zero-order valence-electron chi connectivity index (χ0n) is 11.9. The van der Waals surface area contributed by atoms with E-state index in [-0.39, 0.29) is 0 Å². The van der Waals surface area contributed by atoms with Crippen molar-refractivity contribution in [2.75, 3.05) is 0 Å². The molecule has 0 heteroatoms. The highest BCUT2D eigenvalue weighted by Crippen LogP contribution is 2.22. The minimum absolute atomic E-state index is 0.303. The van der Waals surface area contributed by atoms with E-state index >= 15 is 0 Å². The topological polar surface area (TPSA) is 0 Å². The van der Waals surface area contributed by atoms with Crippen LogP contribution in [0.3, 0.4) is 0 Å². The molecule has 0 saturated heterocycles. The van der Waals surface area contributed by atoms with Gasteiger partial charge in [-0.05, 0) is 30.4 Å². The Balaban J connectivity index is 2.56. The number of hydrogen-bond acceptors (Lipinski definition) is 0. The first kappa shape index (κ1) is 14.8. The summed E-state index contributed by atoms with van der Waals surface area (Å²) < 4.78 is 0. The lowest BCUT2D eigenvalue weighted by Crippen LogP contribution is -1.96. The van der Waals surface area contributed by atoms with E-state index in [2.05, 4.69) is 44.0 Å². The van der Waals surface area contributed by atoms with Gasteiger partial charge in [-0.1, -0.05) is 69.7 Å². The molecule has 0 radical (unpaired) electrons. The second-order valence-electron chi connectivity index (χ2n) is 5.06. The van der Waals surface area contributed by atoms with Crippen molar-refractivity contribution in [3.05, 3.63) is 35.4 Å². The third kappa shape index (κ3) is 4.96. The van der Waals surface area contributed by atoms with Crippen LogP contribution in [0, 0.1) is 12.3 Å². The van der Waals surface area contributed by atoms with Crippen LogP contribution in [0.15, 0.2) is 24.3 Å². The van der Waals surface area contributed by atoms with Gasteiger partial charge in [0.05, 0.1) is 0 Å². The van der Waals surface area contributed by atoms with E-state index in [1.807, 2.05) is 0 Å². The maximum Gasteiger partial charge on any atom is 0.0449 e. The molecule has 18 heavy (non-hydrogen) atoms. The van der Waals surface area contributed by atoms with E-state index in [1.54, 1.807) is 0 Å². The van der Waals surface area contributed by atoms with E-state index in [4.69, 9.17) is 6.42 Å². The fourth-order valence-corrected chi connectivity index (χ4v) is 2.24. The summed E-state index contributed by atoms with van der Waals surface area (Å²) in [5.74, 6) is 3.24. The molecule has 1 atom stereocenters. The molecule has 0 spiro atoms. The summed E-state index contributed by atoms with van der Waals surface area (Å²) in [6.07, 6.45) is 14.3. The first-order valence-corrected chi connectivity index (χ1v) is 7.36. The second kappa shape index (κ2) is 8.81. The lowest BCUT2D eigenvalue weighted by Gasteiger charge is -2.11. The average Bonchev–Trinajstić information content (AvgIpc) is 2.42. The van der Waals surface area contributed by atoms with Gasteiger partial charge in [-0.25, -0.2) is 0 Å². The van der Waals surface area contributed by atoms with Crippen LogP contribution >= 0.6 is 0 Å². The van der Waals surface area contributed by atoms with Gasteiger partial charge in [-0.3, -0.25) is 0 Å². The molecule has 1 aromatic carbocycles. The van der Waals surface area contributed by atoms with Crippen molar-refractivity contribution in [3.63, 3.8) is 0 Å². The molecular weight excluding hydrogens is 216 g/mol. The molecule has 0 aliphatic heterocycles. The molecule has 1 aromatic rings. The van der Waals surface area contributed by atoms with Crippen LogP contribution in [0.4, 0.5) is 0 Å². The van der Waals surface area contributed by atoms with Crippen molar-refractivity contribution in [1.82, 2.24) is 0 Å². The van der Waals surface area contributed by atoms with Crippen molar-refractivity contribution < 1.29 is 0 Å². The van der Waals surface area contributed by atoms with Gasteiger partial charge < -0.3 is 0 Å². The zero-order chi connectivity index (χ0) is 13.2. The Labute approximate surface area is 113 Å². The van der Waals surface area contributed by atoms with Crippen LogP contribution in [-0.2, 0) is 6.42 Å². The summed E-state index contributed by atoms with van der Waals surface area (Å²) in [5, 5.41) is 0. The number of aryl methyl sites for hydroxylation is 1. The van der Waals surface area contributed by atoms with Gasteiger partial charge in [0.1, 0.15) is 0 Å². The summed E-state index contributed by atoms with van der Waals surface area (Å²) >= 11 is 0. The summed E-state index contributed by atoms with van der Waals surface area (Å²) in [6, 6.07) is 8.94. The largest absolute Gasteiger partial charge is 0.119 e. The Hall–Kier alpha value is -1.22. The monoisotopic (exact) mass is 242 g/mol. The molecule has 1 unspecified atom stereocenters. The van der Waals surface area contributed by atoms with E-state index in [1.165, 1.54) is 49.7 Å². The number of benzene rings is 1. The standard InChI is InChI=1S/C18H26/c1-4-7-9-11-17(6-3)18-14-12-16(13-15-18)10-8-5-2/h3,12-15,17H,4-5,7-11H2,1-2H3. The first-order valence-electron chi connectivity index (χ1n) is 7.36. The Morgan fingerprint density at radius 2 is 1.67 bits per heavy atom. The van der Waals surface area contributed by atoms with Crippen LogP contribution in [0.25, 0.3) is 0 Å². The molecule has 0 N–H and O–H groups in total. The number of unbranched alkanes of at least 4 members (excludes halogenated alkanes) is 3. The van der Waals surface area contributed by atoms with Gasteiger partial charge in [0, 0.05) is 5.92 Å². The summed E-state index contributed by atoms with van der Waals surface area (Å²) in [6.45, 7) is 4.46. The molecule has 1 rings (SSSR count). The van der Waals surface area contributed by atoms with Crippen LogP contribution in [0.1, 0.15) is 69.4 Å². The molecule has 0 aromatic heterocycles. The van der Waals surface area contributed by atoms with E-state index in [0.29, 0.717) is 5.92 Å². The average molecular weight is 242 g/mol. The molecule has 0 heterocycles. The normalized spacial score (nSPS) is 12.1. The molecule has 0 amide bonds. The van der Waals surface area contributed by atoms with Gasteiger partial charge in [0.25, 0.3) is 0 Å². The van der Waals surface area contributed by atoms with Crippen molar-refractivity contribution >= 4 is 0 Å². The van der Waals surface area contributed by atoms with Gasteiger partial charge in [0.2, 0.25) is 0 Å². The van der Waals surface area contributed by atoms with Gasteiger partial charge in [-0.2, -0.15) is 0 Å². The molecule has 0 nitrogen and oxygen atoms in total. The predicted molar refractivity (Wildman–Crippen MR) is 80.8 cm³/mol. The number of terminal acetylenes is 1. The maximum absolute atomic E-state index is 5.66. The lowest BCUT2D eigenvalue weighted by molar-refractivity contribution is 0.637. The second-order valence-corrected chi connectivity index (χ2v) is 5.06. The summed E-state index contributed by atoms with van der Waals surface area (Å²) in [5.41, 5.74) is 2.75. The SMILES string of the molecule is C#CC(CCCCC)c1ccc(CCCC)cc1. The maximum atomic E-state index is 5.66. The van der Waals surface area contributed by atoms with Crippen LogP contribution in [0.2, 0.25) is 0 Å². The third-order valence-electron chi connectivity index (χ3n) is 3.50. The Bertz CT molecular complexity index is 353. The van der Waals surface area contributed by atoms with Crippen LogP contribution in [-0.4, -0.2) is 0 Å². The highest BCUT2D eigenvalue weighted by molar-refractivity contribution is 5.30. The lowest BCUT2D eigenvalue weighted by atomic mass is 9.93. The van der Waals surface area contributed by atoms with Gasteiger partial charge in [0.15, 0.2) is 0 Å². The fourth-order valence-electron chi connectivity index (χ4n) is 2.24. The predicted octanol–water partition coefficient (Wildman–Crippen LogP) is 5.33. The molecule has 0 aliphatic rings. The van der Waals surface area contributed by atoms with Crippen molar-refractivity contribution in [1.29, 1.82) is 0 Å². The molecule has 0 bridgehead atoms. The number of hydrogen-bond donors (Lipinski definition) is 0. The quantitative estimate of drug-likeness (QED) is 0.427. The smallest absolute Gasteiger partial charge is 0.0449 e. The highest BCUT2D eigenvalue weighted by atomic mass is 14.1. The van der Waals surface area contributed by atoms with Crippen LogP contribution < -0.4 is 0 Å². The Kier molecular flexibility index (Phi) is 7.26. The third-order valence-corrected chi connectivity index (χ3v) is 3.50. The molecule has 0 saturated carbocycles. The van der Waals surface area contributed by atoms with Gasteiger partial charge in [-0.15, -0.1) is 6.42 Å². The molecule has 98 valence electrons. The zero-order valence-corrected chi connectivity index (χ0v) is 11.9. The Morgan fingerprint density at radius 3 is 2.22 bits per heavy atom. The molecule has 0 aliphatic carbocycles. The Morgan fingerprint density at radius 1 is 1.00 bits per heavy atom. The van der Waals surface area contributed by atoms with Crippen LogP contribution in [0.5, 0.6) is 0 Å². The highest BCUT2D eigenvalue weighted by Gasteiger charge is 2.07.